The van der Waals surface area contributed by atoms with Crippen LogP contribution in [0.3, 0.4) is 0 Å². The number of carboxylic acid groups (broad SMARTS) is 1. The van der Waals surface area contributed by atoms with E-state index < -0.39 is 5.97 Å². The summed E-state index contributed by atoms with van der Waals surface area (Å²) in [5, 5.41) is 8.73. The number of benzene rings is 1. The van der Waals surface area contributed by atoms with Crippen molar-refractivity contribution in [2.45, 2.75) is 24.7 Å². The fourth-order valence-corrected chi connectivity index (χ4v) is 2.49. The maximum Gasteiger partial charge on any atom is 0.303 e. The van der Waals surface area contributed by atoms with Crippen molar-refractivity contribution >= 4 is 11.7 Å². The normalized spacial score (nSPS) is 16.7. The number of carbonyl (C=O) groups is 1. The maximum atomic E-state index is 10.6. The Morgan fingerprint density at radius 3 is 2.37 bits per heavy atom. The Balaban J connectivity index is 2.05. The molecular formula is C15H21NO3. The average molecular weight is 263 g/mol. The second-order valence-electron chi connectivity index (χ2n) is 5.46. The van der Waals surface area contributed by atoms with Crippen LogP contribution in [-0.4, -0.2) is 38.4 Å². The fourth-order valence-electron chi connectivity index (χ4n) is 2.49. The van der Waals surface area contributed by atoms with Crippen molar-refractivity contribution in [1.29, 1.82) is 0 Å². The van der Waals surface area contributed by atoms with Crippen molar-refractivity contribution in [3.8, 4) is 0 Å². The Labute approximate surface area is 114 Å². The summed E-state index contributed by atoms with van der Waals surface area (Å²) in [6.45, 7) is 1.40. The van der Waals surface area contributed by atoms with Crippen LogP contribution < -0.4 is 4.90 Å². The maximum absolute atomic E-state index is 10.6. The molecule has 19 heavy (non-hydrogen) atoms. The molecule has 1 N–H and O–H groups in total. The van der Waals surface area contributed by atoms with Gasteiger partial charge in [0, 0.05) is 31.6 Å². The van der Waals surface area contributed by atoms with Gasteiger partial charge in [0.1, 0.15) is 0 Å². The van der Waals surface area contributed by atoms with Crippen molar-refractivity contribution in [2.24, 2.45) is 0 Å². The Hall–Kier alpha value is -1.55. The van der Waals surface area contributed by atoms with Gasteiger partial charge in [-0.25, -0.2) is 0 Å². The van der Waals surface area contributed by atoms with E-state index in [-0.39, 0.29) is 11.8 Å². The number of hydrogen-bond donors (Lipinski definition) is 1. The minimum absolute atomic E-state index is 0.0281. The summed E-state index contributed by atoms with van der Waals surface area (Å²) in [4.78, 5) is 12.7. The molecule has 4 nitrogen and oxygen atoms in total. The van der Waals surface area contributed by atoms with Crippen LogP contribution in [0, 0.1) is 0 Å². The van der Waals surface area contributed by atoms with Crippen molar-refractivity contribution in [3.63, 3.8) is 0 Å². The molecule has 2 rings (SSSR count). The Morgan fingerprint density at radius 1 is 1.32 bits per heavy atom. The van der Waals surface area contributed by atoms with E-state index in [2.05, 4.69) is 29.2 Å². The molecule has 0 unspecified atom stereocenters. The minimum Gasteiger partial charge on any atom is -0.481 e. The van der Waals surface area contributed by atoms with Gasteiger partial charge in [-0.1, -0.05) is 12.1 Å². The summed E-state index contributed by atoms with van der Waals surface area (Å²) >= 11 is 0. The molecule has 0 amide bonds. The summed E-state index contributed by atoms with van der Waals surface area (Å²) in [7, 11) is 4.04. The van der Waals surface area contributed by atoms with E-state index in [1.54, 1.807) is 0 Å². The average Bonchev–Trinajstić information content (AvgIpc) is 2.32. The molecule has 0 bridgehead atoms. The predicted octanol–water partition coefficient (Wildman–Crippen LogP) is 2.28. The summed E-state index contributed by atoms with van der Waals surface area (Å²) < 4.78 is 5.37. The van der Waals surface area contributed by atoms with E-state index in [0.717, 1.165) is 6.42 Å². The summed E-state index contributed by atoms with van der Waals surface area (Å²) in [6, 6.07) is 8.48. The third-order valence-corrected chi connectivity index (χ3v) is 3.80. The second kappa shape index (κ2) is 5.61. The van der Waals surface area contributed by atoms with E-state index in [4.69, 9.17) is 9.84 Å². The number of ether oxygens (including phenoxy) is 1. The molecule has 0 radical (unpaired) electrons. The molecule has 1 fully saturated rings. The number of carboxylic acids is 1. The predicted molar refractivity (Wildman–Crippen MR) is 74.8 cm³/mol. The standard InChI is InChI=1S/C15H21NO3/c1-16(2)13-7-5-12(6-8-13)15(10-19-11-15)9-3-4-14(17)18/h5-8H,3-4,9-11H2,1-2H3,(H,17,18). The van der Waals surface area contributed by atoms with Gasteiger partial charge < -0.3 is 14.7 Å². The molecule has 1 saturated heterocycles. The van der Waals surface area contributed by atoms with Gasteiger partial charge in [0.05, 0.1) is 13.2 Å². The van der Waals surface area contributed by atoms with Gasteiger partial charge in [-0.15, -0.1) is 0 Å². The summed E-state index contributed by atoms with van der Waals surface area (Å²) in [6.07, 6.45) is 1.81. The number of nitrogens with zero attached hydrogens (tertiary/aromatic N) is 1. The lowest BCUT2D eigenvalue weighted by atomic mass is 9.74. The van der Waals surface area contributed by atoms with Crippen LogP contribution in [-0.2, 0) is 14.9 Å². The largest absolute Gasteiger partial charge is 0.481 e. The molecule has 0 aliphatic carbocycles. The van der Waals surface area contributed by atoms with Crippen LogP contribution in [0.5, 0.6) is 0 Å². The number of hydrogen-bond acceptors (Lipinski definition) is 3. The van der Waals surface area contributed by atoms with E-state index >= 15 is 0 Å². The van der Waals surface area contributed by atoms with Gasteiger partial charge in [0.15, 0.2) is 0 Å². The van der Waals surface area contributed by atoms with E-state index in [0.29, 0.717) is 19.6 Å². The van der Waals surface area contributed by atoms with E-state index in [1.165, 1.54) is 11.3 Å². The molecule has 0 spiro atoms. The Bertz CT molecular complexity index is 435. The minimum atomic E-state index is -0.724. The lowest BCUT2D eigenvalue weighted by molar-refractivity contribution is -0.137. The van der Waals surface area contributed by atoms with Gasteiger partial charge in [-0.3, -0.25) is 4.79 Å². The fraction of sp³-hybridized carbons (Fsp3) is 0.533. The molecule has 1 aliphatic rings. The van der Waals surface area contributed by atoms with Crippen molar-refractivity contribution in [3.05, 3.63) is 29.8 Å². The topological polar surface area (TPSA) is 49.8 Å². The van der Waals surface area contributed by atoms with Crippen molar-refractivity contribution < 1.29 is 14.6 Å². The SMILES string of the molecule is CN(C)c1ccc(C2(CCCC(=O)O)COC2)cc1. The molecule has 0 aromatic heterocycles. The van der Waals surface area contributed by atoms with Crippen LogP contribution in [0.4, 0.5) is 5.69 Å². The zero-order valence-corrected chi connectivity index (χ0v) is 11.6. The van der Waals surface area contributed by atoms with Gasteiger partial charge >= 0.3 is 5.97 Å². The molecule has 4 heteroatoms. The molecule has 1 aromatic rings. The van der Waals surface area contributed by atoms with Gasteiger partial charge in [0.2, 0.25) is 0 Å². The smallest absolute Gasteiger partial charge is 0.303 e. The third kappa shape index (κ3) is 3.07. The Kier molecular flexibility index (Phi) is 4.10. The van der Waals surface area contributed by atoms with Crippen LogP contribution >= 0.6 is 0 Å². The number of aliphatic carboxylic acids is 1. The third-order valence-electron chi connectivity index (χ3n) is 3.80. The number of anilines is 1. The monoisotopic (exact) mass is 263 g/mol. The molecule has 1 heterocycles. The highest BCUT2D eigenvalue weighted by Gasteiger charge is 2.39. The van der Waals surface area contributed by atoms with Crippen LogP contribution in [0.15, 0.2) is 24.3 Å². The zero-order valence-electron chi connectivity index (χ0n) is 11.6. The van der Waals surface area contributed by atoms with E-state index in [1.807, 2.05) is 14.1 Å². The molecule has 1 aliphatic heterocycles. The van der Waals surface area contributed by atoms with Gasteiger partial charge in [-0.05, 0) is 30.5 Å². The van der Waals surface area contributed by atoms with Crippen molar-refractivity contribution in [1.82, 2.24) is 0 Å². The quantitative estimate of drug-likeness (QED) is 0.855. The number of rotatable bonds is 6. The van der Waals surface area contributed by atoms with Crippen molar-refractivity contribution in [2.75, 3.05) is 32.2 Å². The lowest BCUT2D eigenvalue weighted by Crippen LogP contribution is -2.46. The molecule has 1 aromatic carbocycles. The highest BCUT2D eigenvalue weighted by molar-refractivity contribution is 5.66. The highest BCUT2D eigenvalue weighted by Crippen LogP contribution is 2.37. The first-order valence-corrected chi connectivity index (χ1v) is 6.61. The first kappa shape index (κ1) is 13.9. The van der Waals surface area contributed by atoms with Crippen LogP contribution in [0.2, 0.25) is 0 Å². The summed E-state index contributed by atoms with van der Waals surface area (Å²) in [5.74, 6) is -0.724. The first-order valence-electron chi connectivity index (χ1n) is 6.61. The zero-order chi connectivity index (χ0) is 13.9. The molecule has 0 saturated carbocycles. The Morgan fingerprint density at radius 2 is 1.95 bits per heavy atom. The first-order chi connectivity index (χ1) is 9.03. The lowest BCUT2D eigenvalue weighted by Gasteiger charge is -2.42. The molecule has 104 valence electrons. The second-order valence-corrected chi connectivity index (χ2v) is 5.46. The molecule has 0 atom stereocenters. The highest BCUT2D eigenvalue weighted by atomic mass is 16.5. The molecular weight excluding hydrogens is 242 g/mol. The summed E-state index contributed by atoms with van der Waals surface area (Å²) in [5.41, 5.74) is 2.46. The van der Waals surface area contributed by atoms with Gasteiger partial charge in [0.25, 0.3) is 0 Å². The van der Waals surface area contributed by atoms with Crippen LogP contribution in [0.1, 0.15) is 24.8 Å². The van der Waals surface area contributed by atoms with E-state index in [9.17, 15) is 4.79 Å². The van der Waals surface area contributed by atoms with Gasteiger partial charge in [-0.2, -0.15) is 0 Å². The van der Waals surface area contributed by atoms with Crippen LogP contribution in [0.25, 0.3) is 0 Å².